The van der Waals surface area contributed by atoms with Gasteiger partial charge in [0.05, 0.1) is 11.6 Å². The number of rotatable bonds is 5. The van der Waals surface area contributed by atoms with E-state index in [9.17, 15) is 0 Å². The second-order valence-corrected chi connectivity index (χ2v) is 13.6. The molecule has 2 nitrogen and oxygen atoms in total. The highest BCUT2D eigenvalue weighted by Gasteiger charge is 2.37. The second-order valence-electron chi connectivity index (χ2n) is 13.6. The molecule has 0 spiro atoms. The van der Waals surface area contributed by atoms with Crippen LogP contribution >= 0.6 is 0 Å². The minimum atomic E-state index is 0.259. The standard InChI is InChI=1S/C48H36N2/c1-3-11-33(12-4-1)35-19-25-39(26-20-35)49-45-17-9-7-15-41(45)43-31-37(23-29-47(43)49)38-24-30-48-44(32-38)42-16-8-10-18-46(42)50(48)40-27-21-36(22-28-40)34-13-5-2-6-14-34/h1-9,11-17,19-32,41,45H,10,18H2. The maximum Gasteiger partial charge on any atom is 0.0629 e. The topological polar surface area (TPSA) is 8.17 Å². The average molecular weight is 641 g/mol. The molecule has 0 radical (unpaired) electrons. The van der Waals surface area contributed by atoms with E-state index in [1.807, 2.05) is 0 Å². The maximum atomic E-state index is 2.52. The SMILES string of the molecule is C1=CC2c3cc(-c4ccc5c(c4)c4c(n5-c5ccc(-c6ccccc6)cc5)CCC=C4)ccc3N(c3ccc(-c4ccccc4)cc3)C2C=C1. The predicted octanol–water partition coefficient (Wildman–Crippen LogP) is 12.3. The van der Waals surface area contributed by atoms with E-state index in [1.54, 1.807) is 0 Å². The summed E-state index contributed by atoms with van der Waals surface area (Å²) in [4.78, 5) is 2.52. The molecule has 2 heteroatoms. The van der Waals surface area contributed by atoms with E-state index in [4.69, 9.17) is 0 Å². The van der Waals surface area contributed by atoms with Gasteiger partial charge in [0.2, 0.25) is 0 Å². The first-order valence-electron chi connectivity index (χ1n) is 17.7. The third-order valence-corrected chi connectivity index (χ3v) is 10.8. The van der Waals surface area contributed by atoms with Gasteiger partial charge >= 0.3 is 0 Å². The smallest absolute Gasteiger partial charge is 0.0629 e. The summed E-state index contributed by atoms with van der Waals surface area (Å²) in [6, 6.07) is 53.8. The van der Waals surface area contributed by atoms with Crippen molar-refractivity contribution in [3.05, 3.63) is 193 Å². The van der Waals surface area contributed by atoms with Crippen molar-refractivity contribution in [1.82, 2.24) is 4.57 Å². The van der Waals surface area contributed by atoms with Gasteiger partial charge in [-0.3, -0.25) is 0 Å². The van der Waals surface area contributed by atoms with Crippen LogP contribution in [0.25, 0.3) is 56.0 Å². The molecule has 0 fully saturated rings. The summed E-state index contributed by atoms with van der Waals surface area (Å²) in [5.74, 6) is 0.308. The van der Waals surface area contributed by atoms with Crippen LogP contribution < -0.4 is 4.90 Å². The molecule has 2 heterocycles. The fraction of sp³-hybridized carbons (Fsp3) is 0.0833. The highest BCUT2D eigenvalue weighted by atomic mass is 15.2. The van der Waals surface area contributed by atoms with E-state index >= 15 is 0 Å². The van der Waals surface area contributed by atoms with Gasteiger partial charge in [-0.2, -0.15) is 0 Å². The van der Waals surface area contributed by atoms with Crippen LogP contribution in [0.4, 0.5) is 11.4 Å². The van der Waals surface area contributed by atoms with E-state index in [0.717, 1.165) is 12.8 Å². The van der Waals surface area contributed by atoms with Crippen LogP contribution in [0.3, 0.4) is 0 Å². The molecule has 7 aromatic rings. The van der Waals surface area contributed by atoms with E-state index in [-0.39, 0.29) is 6.04 Å². The van der Waals surface area contributed by atoms with Crippen LogP contribution in [0, 0.1) is 0 Å². The molecule has 238 valence electrons. The largest absolute Gasteiger partial charge is 0.333 e. The van der Waals surface area contributed by atoms with Gasteiger partial charge in [-0.15, -0.1) is 0 Å². The molecule has 2 unspecified atom stereocenters. The van der Waals surface area contributed by atoms with Gasteiger partial charge in [-0.1, -0.05) is 134 Å². The van der Waals surface area contributed by atoms with Gasteiger partial charge in [0.25, 0.3) is 0 Å². The fourth-order valence-electron chi connectivity index (χ4n) is 8.40. The minimum absolute atomic E-state index is 0.259. The molecule has 10 rings (SSSR count). The van der Waals surface area contributed by atoms with Crippen molar-refractivity contribution in [1.29, 1.82) is 0 Å². The van der Waals surface area contributed by atoms with Gasteiger partial charge in [0, 0.05) is 39.6 Å². The lowest BCUT2D eigenvalue weighted by Gasteiger charge is -2.28. The quantitative estimate of drug-likeness (QED) is 0.182. The molecule has 0 saturated heterocycles. The Hall–Kier alpha value is -6.12. The second kappa shape index (κ2) is 11.8. The van der Waals surface area contributed by atoms with Gasteiger partial charge in [-0.25, -0.2) is 0 Å². The Bertz CT molecular complexity index is 2460. The Morgan fingerprint density at radius 2 is 1.12 bits per heavy atom. The van der Waals surface area contributed by atoms with Gasteiger partial charge in [0.1, 0.15) is 0 Å². The summed E-state index contributed by atoms with van der Waals surface area (Å²) >= 11 is 0. The molecule has 2 aliphatic carbocycles. The molecule has 0 saturated carbocycles. The van der Waals surface area contributed by atoms with Crippen LogP contribution in [0.15, 0.2) is 176 Å². The zero-order chi connectivity index (χ0) is 33.0. The average Bonchev–Trinajstić information content (AvgIpc) is 3.71. The van der Waals surface area contributed by atoms with Crippen LogP contribution in [0.5, 0.6) is 0 Å². The Morgan fingerprint density at radius 3 is 1.84 bits per heavy atom. The van der Waals surface area contributed by atoms with Crippen molar-refractivity contribution in [2.45, 2.75) is 24.8 Å². The van der Waals surface area contributed by atoms with E-state index in [2.05, 4.69) is 192 Å². The summed E-state index contributed by atoms with van der Waals surface area (Å²) in [5.41, 5.74) is 16.6. The van der Waals surface area contributed by atoms with Crippen molar-refractivity contribution in [2.24, 2.45) is 0 Å². The zero-order valence-electron chi connectivity index (χ0n) is 27.8. The lowest BCUT2D eigenvalue weighted by molar-refractivity contribution is 0.745. The Morgan fingerprint density at radius 1 is 0.520 bits per heavy atom. The summed E-state index contributed by atoms with van der Waals surface area (Å²) in [6.07, 6.45) is 15.9. The predicted molar refractivity (Wildman–Crippen MR) is 210 cm³/mol. The van der Waals surface area contributed by atoms with Crippen molar-refractivity contribution in [3.8, 4) is 39.1 Å². The van der Waals surface area contributed by atoms with Crippen molar-refractivity contribution >= 4 is 28.4 Å². The first-order valence-corrected chi connectivity index (χ1v) is 17.7. The molecule has 3 aliphatic rings. The lowest BCUT2D eigenvalue weighted by atomic mass is 9.89. The summed E-state index contributed by atoms with van der Waals surface area (Å²) in [7, 11) is 0. The van der Waals surface area contributed by atoms with Crippen LogP contribution in [-0.2, 0) is 6.42 Å². The number of anilines is 2. The van der Waals surface area contributed by atoms with Gasteiger partial charge < -0.3 is 9.47 Å². The summed E-state index contributed by atoms with van der Waals surface area (Å²) < 4.78 is 2.49. The summed E-state index contributed by atoms with van der Waals surface area (Å²) in [5, 5.41) is 1.32. The summed E-state index contributed by atoms with van der Waals surface area (Å²) in [6.45, 7) is 0. The molecule has 2 atom stereocenters. The lowest BCUT2D eigenvalue weighted by Crippen LogP contribution is -2.28. The maximum absolute atomic E-state index is 2.52. The Balaban J connectivity index is 1.03. The molecular formula is C48H36N2. The molecule has 0 N–H and O–H groups in total. The normalized spacial score (nSPS) is 17.2. The van der Waals surface area contributed by atoms with Crippen LogP contribution in [0.2, 0.25) is 0 Å². The number of allylic oxidation sites excluding steroid dienone is 3. The van der Waals surface area contributed by atoms with Crippen molar-refractivity contribution in [2.75, 3.05) is 4.90 Å². The molecule has 6 aromatic carbocycles. The number of benzene rings is 6. The van der Waals surface area contributed by atoms with E-state index in [1.165, 1.54) is 78.2 Å². The number of hydrogen-bond donors (Lipinski definition) is 0. The molecule has 1 aromatic heterocycles. The van der Waals surface area contributed by atoms with Crippen LogP contribution in [0.1, 0.15) is 29.2 Å². The third kappa shape index (κ3) is 4.71. The van der Waals surface area contributed by atoms with Crippen molar-refractivity contribution in [3.63, 3.8) is 0 Å². The number of aromatic nitrogens is 1. The number of nitrogens with zero attached hydrogens (tertiary/aromatic N) is 2. The van der Waals surface area contributed by atoms with Gasteiger partial charge in [-0.05, 0) is 100 Å². The number of fused-ring (bicyclic) bond motifs is 6. The number of hydrogen-bond acceptors (Lipinski definition) is 1. The van der Waals surface area contributed by atoms with Crippen molar-refractivity contribution < 1.29 is 0 Å². The minimum Gasteiger partial charge on any atom is -0.333 e. The Labute approximate surface area is 293 Å². The molecule has 1 aliphatic heterocycles. The van der Waals surface area contributed by atoms with Crippen LogP contribution in [-0.4, -0.2) is 10.6 Å². The van der Waals surface area contributed by atoms with E-state index in [0.29, 0.717) is 5.92 Å². The third-order valence-electron chi connectivity index (χ3n) is 10.8. The monoisotopic (exact) mass is 640 g/mol. The van der Waals surface area contributed by atoms with Gasteiger partial charge in [0.15, 0.2) is 0 Å². The molecule has 50 heavy (non-hydrogen) atoms. The molecule has 0 amide bonds. The van der Waals surface area contributed by atoms with E-state index < -0.39 is 0 Å². The molecule has 0 bridgehead atoms. The molecular weight excluding hydrogens is 605 g/mol. The first-order chi connectivity index (χ1) is 24.8. The first kappa shape index (κ1) is 28.9. The zero-order valence-corrected chi connectivity index (χ0v) is 27.8. The highest BCUT2D eigenvalue weighted by Crippen LogP contribution is 2.49. The Kier molecular flexibility index (Phi) is 6.80. The highest BCUT2D eigenvalue weighted by molar-refractivity contribution is 5.96. The fourth-order valence-corrected chi connectivity index (χ4v) is 8.40.